The third-order valence-electron chi connectivity index (χ3n) is 5.36. The molecule has 26 heavy (non-hydrogen) atoms. The number of aryl methyl sites for hydroxylation is 1. The van der Waals surface area contributed by atoms with Crippen LogP contribution in [0.1, 0.15) is 36.8 Å². The highest BCUT2D eigenvalue weighted by Crippen LogP contribution is 2.31. The van der Waals surface area contributed by atoms with Gasteiger partial charge in [-0.2, -0.15) is 0 Å². The number of hydrogen-bond donors (Lipinski definition) is 2. The summed E-state index contributed by atoms with van der Waals surface area (Å²) in [4.78, 5) is 19.8. The van der Waals surface area contributed by atoms with Gasteiger partial charge in [0, 0.05) is 37.3 Å². The van der Waals surface area contributed by atoms with E-state index in [0.717, 1.165) is 50.4 Å². The van der Waals surface area contributed by atoms with Crippen molar-refractivity contribution in [1.82, 2.24) is 15.2 Å². The standard InChI is InChI=1S/C20H26N4OS/c1-15-2-4-16(5-3-15)14-24-11-8-20(9-12-24,18(25)22-17-6-7-17)23-19-21-10-13-26-19/h2-5,10,13,17H,6-9,11-12,14H2,1H3,(H,21,23)(H,22,25). The van der Waals surface area contributed by atoms with Crippen LogP contribution in [-0.4, -0.2) is 40.5 Å². The molecular formula is C20H26N4OS. The van der Waals surface area contributed by atoms with Crippen LogP contribution < -0.4 is 10.6 Å². The summed E-state index contributed by atoms with van der Waals surface area (Å²) in [6.45, 7) is 4.87. The van der Waals surface area contributed by atoms with Gasteiger partial charge in [0.15, 0.2) is 5.13 Å². The van der Waals surface area contributed by atoms with Crippen LogP contribution >= 0.6 is 11.3 Å². The summed E-state index contributed by atoms with van der Waals surface area (Å²) in [5, 5.41) is 9.45. The molecule has 2 aliphatic rings. The maximum absolute atomic E-state index is 13.0. The number of aromatic nitrogens is 1. The average Bonchev–Trinajstić information content (AvgIpc) is 3.31. The van der Waals surface area contributed by atoms with Crippen molar-refractivity contribution in [2.45, 2.75) is 50.7 Å². The van der Waals surface area contributed by atoms with Crippen LogP contribution in [0.4, 0.5) is 5.13 Å². The highest BCUT2D eigenvalue weighted by atomic mass is 32.1. The van der Waals surface area contributed by atoms with Gasteiger partial charge in [-0.3, -0.25) is 9.69 Å². The first-order valence-corrected chi connectivity index (χ1v) is 10.3. The third-order valence-corrected chi connectivity index (χ3v) is 6.05. The van der Waals surface area contributed by atoms with E-state index in [1.807, 2.05) is 5.38 Å². The molecule has 2 aromatic rings. The molecule has 1 saturated heterocycles. The summed E-state index contributed by atoms with van der Waals surface area (Å²) >= 11 is 1.56. The summed E-state index contributed by atoms with van der Waals surface area (Å²) in [6.07, 6.45) is 5.61. The molecule has 2 heterocycles. The van der Waals surface area contributed by atoms with Crippen molar-refractivity contribution in [3.63, 3.8) is 0 Å². The van der Waals surface area contributed by atoms with Crippen molar-refractivity contribution < 1.29 is 4.79 Å². The van der Waals surface area contributed by atoms with Gasteiger partial charge in [-0.25, -0.2) is 4.98 Å². The second-order valence-corrected chi connectivity index (χ2v) is 8.45. The Morgan fingerprint density at radius 2 is 2.00 bits per heavy atom. The Kier molecular flexibility index (Phi) is 4.96. The van der Waals surface area contributed by atoms with Crippen LogP contribution in [0.2, 0.25) is 0 Å². The summed E-state index contributed by atoms with van der Waals surface area (Å²) in [6, 6.07) is 9.10. The quantitative estimate of drug-likeness (QED) is 0.820. The molecule has 0 radical (unpaired) electrons. The first-order chi connectivity index (χ1) is 12.6. The Bertz CT molecular complexity index is 732. The van der Waals surface area contributed by atoms with Crippen molar-refractivity contribution in [2.75, 3.05) is 18.4 Å². The zero-order valence-electron chi connectivity index (χ0n) is 15.2. The number of nitrogens with one attached hydrogen (secondary N) is 2. The van der Waals surface area contributed by atoms with Gasteiger partial charge in [-0.1, -0.05) is 29.8 Å². The lowest BCUT2D eigenvalue weighted by Gasteiger charge is -2.41. The van der Waals surface area contributed by atoms with Crippen molar-refractivity contribution in [3.05, 3.63) is 47.0 Å². The van der Waals surface area contributed by atoms with Gasteiger partial charge in [0.05, 0.1) is 0 Å². The smallest absolute Gasteiger partial charge is 0.246 e. The van der Waals surface area contributed by atoms with E-state index in [9.17, 15) is 4.79 Å². The van der Waals surface area contributed by atoms with Crippen molar-refractivity contribution >= 4 is 22.4 Å². The van der Waals surface area contributed by atoms with E-state index in [1.54, 1.807) is 17.5 Å². The molecule has 1 aromatic heterocycles. The fourth-order valence-corrected chi connectivity index (χ4v) is 4.12. The molecule has 1 aliphatic heterocycles. The van der Waals surface area contributed by atoms with Crippen LogP contribution in [0.25, 0.3) is 0 Å². The van der Waals surface area contributed by atoms with Gasteiger partial charge >= 0.3 is 0 Å². The second kappa shape index (κ2) is 7.37. The first kappa shape index (κ1) is 17.5. The minimum Gasteiger partial charge on any atom is -0.351 e. The predicted octanol–water partition coefficient (Wildman–Crippen LogP) is 3.18. The summed E-state index contributed by atoms with van der Waals surface area (Å²) in [5.41, 5.74) is 2.08. The second-order valence-electron chi connectivity index (χ2n) is 7.55. The molecule has 0 spiro atoms. The lowest BCUT2D eigenvalue weighted by atomic mass is 9.86. The molecule has 0 bridgehead atoms. The Labute approximate surface area is 158 Å². The van der Waals surface area contributed by atoms with Gasteiger partial charge < -0.3 is 10.6 Å². The van der Waals surface area contributed by atoms with Crippen LogP contribution in [0.3, 0.4) is 0 Å². The van der Waals surface area contributed by atoms with E-state index in [-0.39, 0.29) is 5.91 Å². The lowest BCUT2D eigenvalue weighted by molar-refractivity contribution is -0.127. The van der Waals surface area contributed by atoms with E-state index < -0.39 is 5.54 Å². The number of likely N-dealkylation sites (tertiary alicyclic amines) is 1. The van der Waals surface area contributed by atoms with Gasteiger partial charge in [-0.15, -0.1) is 11.3 Å². The fraction of sp³-hybridized carbons (Fsp3) is 0.500. The lowest BCUT2D eigenvalue weighted by Crippen LogP contribution is -2.58. The van der Waals surface area contributed by atoms with Gasteiger partial charge in [0.2, 0.25) is 5.91 Å². The Balaban J connectivity index is 1.42. The van der Waals surface area contributed by atoms with Crippen LogP contribution in [-0.2, 0) is 11.3 Å². The molecular weight excluding hydrogens is 344 g/mol. The van der Waals surface area contributed by atoms with E-state index in [1.165, 1.54) is 11.1 Å². The van der Waals surface area contributed by atoms with Crippen molar-refractivity contribution in [2.24, 2.45) is 0 Å². The molecule has 2 N–H and O–H groups in total. The van der Waals surface area contributed by atoms with Crippen LogP contribution in [0, 0.1) is 6.92 Å². The van der Waals surface area contributed by atoms with E-state index in [4.69, 9.17) is 0 Å². The number of rotatable bonds is 6. The Morgan fingerprint density at radius 3 is 2.62 bits per heavy atom. The fourth-order valence-electron chi connectivity index (χ4n) is 3.49. The minimum absolute atomic E-state index is 0.144. The van der Waals surface area contributed by atoms with Crippen LogP contribution in [0.5, 0.6) is 0 Å². The Morgan fingerprint density at radius 1 is 1.27 bits per heavy atom. The molecule has 1 aromatic carbocycles. The number of carbonyl (C=O) groups excluding carboxylic acids is 1. The topological polar surface area (TPSA) is 57.3 Å². The normalized spacial score (nSPS) is 19.9. The van der Waals surface area contributed by atoms with E-state index in [2.05, 4.69) is 51.7 Å². The van der Waals surface area contributed by atoms with E-state index >= 15 is 0 Å². The molecule has 0 unspecified atom stereocenters. The molecule has 0 atom stereocenters. The third kappa shape index (κ3) is 4.07. The average molecular weight is 371 g/mol. The minimum atomic E-state index is -0.537. The van der Waals surface area contributed by atoms with Crippen LogP contribution in [0.15, 0.2) is 35.8 Å². The molecule has 2 fully saturated rings. The maximum atomic E-state index is 13.0. The molecule has 1 saturated carbocycles. The summed E-state index contributed by atoms with van der Waals surface area (Å²) in [5.74, 6) is 0.144. The molecule has 6 heteroatoms. The molecule has 4 rings (SSSR count). The number of piperidine rings is 1. The SMILES string of the molecule is Cc1ccc(CN2CCC(Nc3nccs3)(C(=O)NC3CC3)CC2)cc1. The largest absolute Gasteiger partial charge is 0.351 e. The number of thiazole rings is 1. The van der Waals surface area contributed by atoms with Gasteiger partial charge in [0.25, 0.3) is 0 Å². The Hall–Kier alpha value is -1.92. The number of nitrogens with zero attached hydrogens (tertiary/aromatic N) is 2. The maximum Gasteiger partial charge on any atom is 0.246 e. The monoisotopic (exact) mass is 370 g/mol. The zero-order chi connectivity index (χ0) is 18.0. The molecule has 5 nitrogen and oxygen atoms in total. The molecule has 138 valence electrons. The summed E-state index contributed by atoms with van der Waals surface area (Å²) < 4.78 is 0. The van der Waals surface area contributed by atoms with Gasteiger partial charge in [0.1, 0.15) is 5.54 Å². The van der Waals surface area contributed by atoms with Crippen molar-refractivity contribution in [3.8, 4) is 0 Å². The zero-order valence-corrected chi connectivity index (χ0v) is 16.0. The predicted molar refractivity (Wildman–Crippen MR) is 105 cm³/mol. The number of hydrogen-bond acceptors (Lipinski definition) is 5. The number of benzene rings is 1. The van der Waals surface area contributed by atoms with Gasteiger partial charge in [-0.05, 0) is 38.2 Å². The molecule has 1 amide bonds. The van der Waals surface area contributed by atoms with E-state index in [0.29, 0.717) is 6.04 Å². The van der Waals surface area contributed by atoms with Crippen molar-refractivity contribution in [1.29, 1.82) is 0 Å². The highest BCUT2D eigenvalue weighted by Gasteiger charge is 2.43. The first-order valence-electron chi connectivity index (χ1n) is 9.39. The highest BCUT2D eigenvalue weighted by molar-refractivity contribution is 7.13. The number of amides is 1. The number of carbonyl (C=O) groups is 1. The number of anilines is 1. The molecule has 1 aliphatic carbocycles. The summed E-state index contributed by atoms with van der Waals surface area (Å²) in [7, 11) is 0.